The summed E-state index contributed by atoms with van der Waals surface area (Å²) in [4.78, 5) is 0. The zero-order valence-electron chi connectivity index (χ0n) is 36.5. The predicted molar refractivity (Wildman–Crippen MR) is 277 cm³/mol. The van der Waals surface area contributed by atoms with Gasteiger partial charge in [-0.1, -0.05) is 189 Å². The number of benzene rings is 9. The SMILES string of the molecule is C=CC(=CC(=C)C(C)=c1ccccc1=CC)c1cccc(-c2cc(-c3cc(-c4ccccc4)cc(-c4ccccc4)c3)cc(-c3cc(-c4ccccc4)cc(-c4ccccc4)c3)c2)c1. The number of allylic oxidation sites excluding steroid dienone is 4. The van der Waals surface area contributed by atoms with Crippen molar-refractivity contribution in [1.29, 1.82) is 0 Å². The van der Waals surface area contributed by atoms with Crippen LogP contribution < -0.4 is 10.4 Å². The molecule has 64 heavy (non-hydrogen) atoms. The molecule has 9 aromatic rings. The highest BCUT2D eigenvalue weighted by molar-refractivity contribution is 5.90. The maximum Gasteiger partial charge on any atom is -0.0152 e. The van der Waals surface area contributed by atoms with Crippen molar-refractivity contribution in [3.63, 3.8) is 0 Å². The minimum atomic E-state index is 0.957. The maximum atomic E-state index is 4.53. The molecule has 9 rings (SSSR count). The Morgan fingerprint density at radius 2 is 0.688 bits per heavy atom. The smallest absolute Gasteiger partial charge is 0.0152 e. The van der Waals surface area contributed by atoms with Crippen molar-refractivity contribution in [2.24, 2.45) is 0 Å². The molecule has 0 unspecified atom stereocenters. The lowest BCUT2D eigenvalue weighted by atomic mass is 9.88. The molecule has 0 bridgehead atoms. The molecule has 0 nitrogen and oxygen atoms in total. The number of hydrogen-bond acceptors (Lipinski definition) is 0. The minimum Gasteiger partial charge on any atom is -0.0984 e. The normalized spacial score (nSPS) is 12.2. The molecule has 0 aliphatic heterocycles. The molecule has 0 aliphatic rings. The van der Waals surface area contributed by atoms with E-state index in [1.807, 2.05) is 6.08 Å². The molecule has 0 radical (unpaired) electrons. The summed E-state index contributed by atoms with van der Waals surface area (Å²) in [6.45, 7) is 13.0. The molecule has 0 saturated carbocycles. The van der Waals surface area contributed by atoms with Crippen molar-refractivity contribution in [2.75, 3.05) is 0 Å². The van der Waals surface area contributed by atoms with Gasteiger partial charge in [0.15, 0.2) is 0 Å². The highest BCUT2D eigenvalue weighted by atomic mass is 14.2. The van der Waals surface area contributed by atoms with Gasteiger partial charge < -0.3 is 0 Å². The van der Waals surface area contributed by atoms with Gasteiger partial charge in [-0.2, -0.15) is 0 Å². The largest absolute Gasteiger partial charge is 0.0984 e. The Morgan fingerprint density at radius 1 is 0.359 bits per heavy atom. The van der Waals surface area contributed by atoms with Gasteiger partial charge in [0, 0.05) is 0 Å². The predicted octanol–water partition coefficient (Wildman–Crippen LogP) is 16.2. The van der Waals surface area contributed by atoms with Crippen LogP contribution in [0.25, 0.3) is 95.1 Å². The van der Waals surface area contributed by atoms with E-state index in [-0.39, 0.29) is 0 Å². The average molecular weight is 819 g/mol. The molecule has 0 aliphatic carbocycles. The van der Waals surface area contributed by atoms with Crippen LogP contribution in [0.4, 0.5) is 0 Å². The molecule has 0 fully saturated rings. The quantitative estimate of drug-likeness (QED) is 0.114. The van der Waals surface area contributed by atoms with Crippen LogP contribution in [-0.2, 0) is 0 Å². The van der Waals surface area contributed by atoms with Gasteiger partial charge in [-0.05, 0) is 191 Å². The molecule has 0 heteroatoms. The van der Waals surface area contributed by atoms with Crippen LogP contribution in [0.15, 0.2) is 255 Å². The van der Waals surface area contributed by atoms with E-state index in [4.69, 9.17) is 0 Å². The average Bonchev–Trinajstić information content (AvgIpc) is 3.38. The van der Waals surface area contributed by atoms with Crippen LogP contribution in [0.5, 0.6) is 0 Å². The zero-order chi connectivity index (χ0) is 43.8. The Balaban J connectivity index is 1.25. The minimum absolute atomic E-state index is 0.957. The summed E-state index contributed by atoms with van der Waals surface area (Å²) in [5, 5.41) is 2.38. The lowest BCUT2D eigenvalue weighted by Gasteiger charge is -2.16. The summed E-state index contributed by atoms with van der Waals surface area (Å²) in [5.41, 5.74) is 20.5. The van der Waals surface area contributed by atoms with Gasteiger partial charge in [0.25, 0.3) is 0 Å². The highest BCUT2D eigenvalue weighted by Gasteiger charge is 2.14. The second kappa shape index (κ2) is 18.9. The first-order valence-corrected chi connectivity index (χ1v) is 22.0. The van der Waals surface area contributed by atoms with E-state index in [9.17, 15) is 0 Å². The van der Waals surface area contributed by atoms with E-state index >= 15 is 0 Å². The molecule has 0 spiro atoms. The third kappa shape index (κ3) is 9.09. The van der Waals surface area contributed by atoms with Crippen LogP contribution in [0.3, 0.4) is 0 Å². The van der Waals surface area contributed by atoms with Crippen molar-refractivity contribution >= 4 is 17.2 Å². The van der Waals surface area contributed by atoms with Crippen LogP contribution in [0.1, 0.15) is 19.4 Å². The lowest BCUT2D eigenvalue weighted by Crippen LogP contribution is -2.25. The fourth-order valence-electron chi connectivity index (χ4n) is 8.60. The first-order valence-electron chi connectivity index (χ1n) is 22.0. The second-order valence-corrected chi connectivity index (χ2v) is 16.3. The summed E-state index contributed by atoms with van der Waals surface area (Å²) < 4.78 is 0. The Kier molecular flexibility index (Phi) is 12.2. The number of hydrogen-bond donors (Lipinski definition) is 0. The standard InChI is InChI=1S/C64H50/c1-5-47-22-19-20-33-64(47)46(4)45(3)34-48(6-2)53-31-21-32-54(35-53)59-42-62(60-38-55(49-23-11-7-12-24-49)36-56(39-60)50-25-13-8-14-26-50)44-63(43-59)61-40-57(51-27-15-9-16-28-51)37-58(41-61)52-29-17-10-18-30-52/h5-44H,2-3H2,1,4H3. The van der Waals surface area contributed by atoms with Crippen molar-refractivity contribution in [1.82, 2.24) is 0 Å². The molecule has 0 saturated heterocycles. The summed E-state index contributed by atoms with van der Waals surface area (Å²) in [6, 6.07) is 81.2. The van der Waals surface area contributed by atoms with E-state index in [0.717, 1.165) is 55.7 Å². The third-order valence-electron chi connectivity index (χ3n) is 12.1. The van der Waals surface area contributed by atoms with E-state index in [1.54, 1.807) is 0 Å². The summed E-state index contributed by atoms with van der Waals surface area (Å²) in [7, 11) is 0. The molecule has 0 aromatic heterocycles. The van der Waals surface area contributed by atoms with Gasteiger partial charge in [0.05, 0.1) is 0 Å². The number of rotatable bonds is 11. The first kappa shape index (κ1) is 41.3. The summed E-state index contributed by atoms with van der Waals surface area (Å²) >= 11 is 0. The Bertz CT molecular complexity index is 3020. The fourth-order valence-corrected chi connectivity index (χ4v) is 8.60. The van der Waals surface area contributed by atoms with Crippen molar-refractivity contribution in [3.05, 3.63) is 271 Å². The van der Waals surface area contributed by atoms with Gasteiger partial charge in [-0.15, -0.1) is 0 Å². The third-order valence-corrected chi connectivity index (χ3v) is 12.1. The van der Waals surface area contributed by atoms with Crippen LogP contribution in [-0.4, -0.2) is 0 Å². The Hall–Kier alpha value is -8.06. The van der Waals surface area contributed by atoms with Gasteiger partial charge in [0.2, 0.25) is 0 Å². The van der Waals surface area contributed by atoms with Crippen LogP contribution in [0, 0.1) is 0 Å². The molecule has 306 valence electrons. The van der Waals surface area contributed by atoms with Crippen LogP contribution in [0.2, 0.25) is 0 Å². The van der Waals surface area contributed by atoms with Gasteiger partial charge in [-0.25, -0.2) is 0 Å². The van der Waals surface area contributed by atoms with Crippen molar-refractivity contribution < 1.29 is 0 Å². The first-order chi connectivity index (χ1) is 31.4. The fraction of sp³-hybridized carbons (Fsp3) is 0.0312. The van der Waals surface area contributed by atoms with Gasteiger partial charge in [-0.3, -0.25) is 0 Å². The van der Waals surface area contributed by atoms with E-state index < -0.39 is 0 Å². The van der Waals surface area contributed by atoms with Crippen molar-refractivity contribution in [2.45, 2.75) is 13.8 Å². The molecular formula is C64H50. The molecule has 0 N–H and O–H groups in total. The maximum absolute atomic E-state index is 4.53. The topological polar surface area (TPSA) is 0 Å². The Labute approximate surface area is 378 Å². The van der Waals surface area contributed by atoms with E-state index in [2.05, 4.69) is 264 Å². The van der Waals surface area contributed by atoms with E-state index in [0.29, 0.717) is 0 Å². The van der Waals surface area contributed by atoms with Gasteiger partial charge in [0.1, 0.15) is 0 Å². The second-order valence-electron chi connectivity index (χ2n) is 16.3. The highest BCUT2D eigenvalue weighted by Crippen LogP contribution is 2.40. The van der Waals surface area contributed by atoms with Crippen molar-refractivity contribution in [3.8, 4) is 77.9 Å². The summed E-state index contributed by atoms with van der Waals surface area (Å²) in [6.07, 6.45) is 6.25. The molecule has 9 aromatic carbocycles. The van der Waals surface area contributed by atoms with E-state index in [1.165, 1.54) is 54.9 Å². The van der Waals surface area contributed by atoms with Crippen LogP contribution >= 0.6 is 0 Å². The monoisotopic (exact) mass is 818 g/mol. The lowest BCUT2D eigenvalue weighted by molar-refractivity contribution is 1.44. The zero-order valence-corrected chi connectivity index (χ0v) is 36.5. The molecule has 0 heterocycles. The Morgan fingerprint density at radius 3 is 1.06 bits per heavy atom. The van der Waals surface area contributed by atoms with Gasteiger partial charge >= 0.3 is 0 Å². The molecular weight excluding hydrogens is 769 g/mol. The molecule has 0 amide bonds. The summed E-state index contributed by atoms with van der Waals surface area (Å²) in [5.74, 6) is 0. The molecule has 0 atom stereocenters.